The quantitative estimate of drug-likeness (QED) is 0.592. The average molecular weight is 146 g/mol. The summed E-state index contributed by atoms with van der Waals surface area (Å²) in [5.74, 6) is 0.543. The van der Waals surface area contributed by atoms with Crippen LogP contribution in [0.2, 0.25) is 0 Å². The van der Waals surface area contributed by atoms with Crippen molar-refractivity contribution in [3.05, 3.63) is 23.8 Å². The molecule has 2 heteroatoms. The summed E-state index contributed by atoms with van der Waals surface area (Å²) < 4.78 is 0. The zero-order chi connectivity index (χ0) is 8.43. The molecule has 1 aromatic carbocycles. The topological polar surface area (TPSA) is 20.2 Å². The molecule has 0 saturated heterocycles. The summed E-state index contributed by atoms with van der Waals surface area (Å²) in [6, 6.07) is 5.43. The fourth-order valence-electron chi connectivity index (χ4n) is 1.05. The molecule has 1 N–H and O–H groups in total. The van der Waals surface area contributed by atoms with Crippen LogP contribution in [0.1, 0.15) is 25.3 Å². The van der Waals surface area contributed by atoms with E-state index in [1.165, 1.54) is 0 Å². The van der Waals surface area contributed by atoms with E-state index in [1.807, 2.05) is 26.0 Å². The van der Waals surface area contributed by atoms with Crippen LogP contribution in [-0.4, -0.2) is 13.0 Å². The molecule has 1 nitrogen and oxygen atoms in total. The summed E-state index contributed by atoms with van der Waals surface area (Å²) in [5, 5.41) is 9.44. The van der Waals surface area contributed by atoms with Gasteiger partial charge < -0.3 is 5.11 Å². The first-order valence-corrected chi connectivity index (χ1v) is 3.70. The van der Waals surface area contributed by atoms with Gasteiger partial charge in [-0.25, -0.2) is 0 Å². The highest BCUT2D eigenvalue weighted by Crippen LogP contribution is 2.21. The van der Waals surface area contributed by atoms with E-state index >= 15 is 0 Å². The van der Waals surface area contributed by atoms with Crippen LogP contribution in [0.15, 0.2) is 18.2 Å². The fourth-order valence-corrected chi connectivity index (χ4v) is 1.05. The Hall–Kier alpha value is -0.915. The largest absolute Gasteiger partial charge is 0.508 e. The fraction of sp³-hybridized carbons (Fsp3) is 0.333. The van der Waals surface area contributed by atoms with Gasteiger partial charge in [-0.1, -0.05) is 37.5 Å². The van der Waals surface area contributed by atoms with Crippen molar-refractivity contribution in [3.8, 4) is 5.75 Å². The summed E-state index contributed by atoms with van der Waals surface area (Å²) in [6.07, 6.45) is 0. The molecule has 0 unspecified atom stereocenters. The normalized spacial score (nSPS) is 10.5. The molecular formula is C9H11BO. The maximum atomic E-state index is 9.44. The molecule has 2 radical (unpaired) electrons. The van der Waals surface area contributed by atoms with Crippen molar-refractivity contribution >= 4 is 13.3 Å². The first kappa shape index (κ1) is 8.18. The predicted molar refractivity (Wildman–Crippen MR) is 47.6 cm³/mol. The Morgan fingerprint density at radius 1 is 1.36 bits per heavy atom. The lowest BCUT2D eigenvalue weighted by Gasteiger charge is -2.09. The Morgan fingerprint density at radius 2 is 2.00 bits per heavy atom. The first-order valence-electron chi connectivity index (χ1n) is 3.70. The zero-order valence-corrected chi connectivity index (χ0v) is 6.83. The molecule has 0 spiro atoms. The summed E-state index contributed by atoms with van der Waals surface area (Å²) in [4.78, 5) is 0. The Bertz CT molecular complexity index is 256. The minimum absolute atomic E-state index is 0.225. The van der Waals surface area contributed by atoms with Crippen molar-refractivity contribution in [2.45, 2.75) is 19.8 Å². The third-order valence-electron chi connectivity index (χ3n) is 1.72. The molecule has 0 bridgehead atoms. The monoisotopic (exact) mass is 146 g/mol. The van der Waals surface area contributed by atoms with Gasteiger partial charge in [-0.2, -0.15) is 0 Å². The van der Waals surface area contributed by atoms with Crippen LogP contribution >= 0.6 is 0 Å². The molecule has 0 amide bonds. The third kappa shape index (κ3) is 1.56. The lowest BCUT2D eigenvalue weighted by molar-refractivity contribution is 0.469. The highest BCUT2D eigenvalue weighted by atomic mass is 16.3. The van der Waals surface area contributed by atoms with E-state index in [4.69, 9.17) is 7.85 Å². The van der Waals surface area contributed by atoms with Crippen molar-refractivity contribution in [1.29, 1.82) is 0 Å². The van der Waals surface area contributed by atoms with Gasteiger partial charge in [0, 0.05) is 0 Å². The second-order valence-corrected chi connectivity index (χ2v) is 2.94. The Labute approximate surface area is 68.5 Å². The molecule has 0 atom stereocenters. The SMILES string of the molecule is [B]c1cccc(C(C)C)c1O. The number of phenols is 1. The number of hydrogen-bond donors (Lipinski definition) is 1. The molecule has 1 rings (SSSR count). The summed E-state index contributed by atoms with van der Waals surface area (Å²) in [6.45, 7) is 4.04. The van der Waals surface area contributed by atoms with E-state index in [-0.39, 0.29) is 5.75 Å². The van der Waals surface area contributed by atoms with Crippen molar-refractivity contribution in [3.63, 3.8) is 0 Å². The van der Waals surface area contributed by atoms with E-state index in [0.717, 1.165) is 5.56 Å². The average Bonchev–Trinajstić information content (AvgIpc) is 1.94. The van der Waals surface area contributed by atoms with Crippen molar-refractivity contribution in [1.82, 2.24) is 0 Å². The molecule has 0 aliphatic rings. The molecule has 0 aromatic heterocycles. The highest BCUT2D eigenvalue weighted by Gasteiger charge is 2.05. The van der Waals surface area contributed by atoms with Gasteiger partial charge in [0.25, 0.3) is 0 Å². The van der Waals surface area contributed by atoms with Gasteiger partial charge in [0.2, 0.25) is 0 Å². The van der Waals surface area contributed by atoms with Gasteiger partial charge in [-0.05, 0) is 11.5 Å². The van der Waals surface area contributed by atoms with Gasteiger partial charge in [0.15, 0.2) is 0 Å². The van der Waals surface area contributed by atoms with Crippen LogP contribution in [0.5, 0.6) is 5.75 Å². The molecular weight excluding hydrogens is 135 g/mol. The van der Waals surface area contributed by atoms with Gasteiger partial charge in [-0.15, -0.1) is 0 Å². The number of aromatic hydroxyl groups is 1. The van der Waals surface area contributed by atoms with Crippen LogP contribution in [0, 0.1) is 0 Å². The van der Waals surface area contributed by atoms with Crippen LogP contribution in [0.25, 0.3) is 0 Å². The smallest absolute Gasteiger partial charge is 0.119 e. The van der Waals surface area contributed by atoms with Crippen molar-refractivity contribution in [2.24, 2.45) is 0 Å². The summed E-state index contributed by atoms with van der Waals surface area (Å²) >= 11 is 0. The minimum Gasteiger partial charge on any atom is -0.508 e. The second kappa shape index (κ2) is 2.99. The van der Waals surface area contributed by atoms with E-state index in [9.17, 15) is 5.11 Å². The molecule has 56 valence electrons. The molecule has 0 fully saturated rings. The Balaban J connectivity index is 3.17. The maximum Gasteiger partial charge on any atom is 0.119 e. The molecule has 11 heavy (non-hydrogen) atoms. The lowest BCUT2D eigenvalue weighted by Crippen LogP contribution is -2.05. The molecule has 0 saturated carbocycles. The van der Waals surface area contributed by atoms with Crippen LogP contribution < -0.4 is 5.46 Å². The third-order valence-corrected chi connectivity index (χ3v) is 1.72. The Morgan fingerprint density at radius 3 is 2.45 bits per heavy atom. The zero-order valence-electron chi connectivity index (χ0n) is 6.83. The van der Waals surface area contributed by atoms with Crippen molar-refractivity contribution < 1.29 is 5.11 Å². The molecule has 0 aliphatic heterocycles. The molecule has 1 aromatic rings. The minimum atomic E-state index is 0.225. The van der Waals surface area contributed by atoms with Crippen LogP contribution in [-0.2, 0) is 0 Å². The van der Waals surface area contributed by atoms with Crippen LogP contribution in [0.4, 0.5) is 0 Å². The summed E-state index contributed by atoms with van der Waals surface area (Å²) in [5.41, 5.74) is 1.36. The van der Waals surface area contributed by atoms with E-state index < -0.39 is 0 Å². The van der Waals surface area contributed by atoms with Gasteiger partial charge in [0.1, 0.15) is 13.6 Å². The second-order valence-electron chi connectivity index (χ2n) is 2.94. The number of rotatable bonds is 1. The standard InChI is InChI=1S/C9H11BO/c1-6(2)7-4-3-5-8(10)9(7)11/h3-6,11H,1-2H3. The van der Waals surface area contributed by atoms with E-state index in [0.29, 0.717) is 11.4 Å². The number of para-hydroxylation sites is 1. The number of hydrogen-bond acceptors (Lipinski definition) is 1. The number of phenolic OH excluding ortho intramolecular Hbond substituents is 1. The number of benzene rings is 1. The van der Waals surface area contributed by atoms with E-state index in [2.05, 4.69) is 0 Å². The lowest BCUT2D eigenvalue weighted by atomic mass is 9.89. The highest BCUT2D eigenvalue weighted by molar-refractivity contribution is 6.34. The predicted octanol–water partition coefficient (Wildman–Crippen LogP) is 1.31. The molecule has 0 aliphatic carbocycles. The Kier molecular flexibility index (Phi) is 2.23. The van der Waals surface area contributed by atoms with E-state index in [1.54, 1.807) is 6.07 Å². The van der Waals surface area contributed by atoms with Crippen molar-refractivity contribution in [2.75, 3.05) is 0 Å². The first-order chi connectivity index (χ1) is 5.13. The van der Waals surface area contributed by atoms with Gasteiger partial charge in [0.05, 0.1) is 0 Å². The maximum absolute atomic E-state index is 9.44. The van der Waals surface area contributed by atoms with Crippen LogP contribution in [0.3, 0.4) is 0 Å². The van der Waals surface area contributed by atoms with Gasteiger partial charge >= 0.3 is 0 Å². The summed E-state index contributed by atoms with van der Waals surface area (Å²) in [7, 11) is 5.51. The van der Waals surface area contributed by atoms with Gasteiger partial charge in [-0.3, -0.25) is 0 Å². The molecule has 0 heterocycles.